The van der Waals surface area contributed by atoms with Gasteiger partial charge in [-0.25, -0.2) is 9.97 Å². The molecule has 0 unspecified atom stereocenters. The third-order valence-corrected chi connectivity index (χ3v) is 3.35. The number of nitrogens with zero attached hydrogens (tertiary/aromatic N) is 3. The summed E-state index contributed by atoms with van der Waals surface area (Å²) in [6, 6.07) is 3.39. The van der Waals surface area contributed by atoms with Crippen molar-refractivity contribution in [2.45, 2.75) is 6.92 Å². The number of hydrogen-bond acceptors (Lipinski definition) is 6. The number of rotatable bonds is 4. The van der Waals surface area contributed by atoms with Crippen molar-refractivity contribution in [2.75, 3.05) is 11.9 Å². The van der Waals surface area contributed by atoms with Crippen LogP contribution in [0.5, 0.6) is 0 Å². The molecule has 2 aromatic heterocycles. The Balaban J connectivity index is 2.53. The van der Waals surface area contributed by atoms with E-state index in [-0.39, 0.29) is 11.4 Å². The van der Waals surface area contributed by atoms with E-state index >= 15 is 0 Å². The lowest BCUT2D eigenvalue weighted by Crippen LogP contribution is -2.04. The second-order valence-electron chi connectivity index (χ2n) is 3.32. The van der Waals surface area contributed by atoms with Crippen molar-refractivity contribution in [3.8, 4) is 10.6 Å². The smallest absolute Gasteiger partial charge is 0.314 e. The lowest BCUT2D eigenvalue weighted by atomic mass is 10.3. The molecule has 0 spiro atoms. The fraction of sp³-hybridized carbons (Fsp3) is 0.200. The van der Waals surface area contributed by atoms with E-state index in [2.05, 4.69) is 15.3 Å². The standard InChI is InChI=1S/C10H9ClN4O2S/c1-2-12-10-13-5-6(15(16)17)9(14-10)7-3-4-8(11)18-7/h3-5H,2H2,1H3,(H,12,13,14). The molecule has 1 N–H and O–H groups in total. The predicted octanol–water partition coefficient (Wildman–Crippen LogP) is 3.20. The van der Waals surface area contributed by atoms with Crippen molar-refractivity contribution >= 4 is 34.6 Å². The molecule has 0 aliphatic heterocycles. The highest BCUT2D eigenvalue weighted by Crippen LogP contribution is 2.35. The second-order valence-corrected chi connectivity index (χ2v) is 5.03. The fourth-order valence-corrected chi connectivity index (χ4v) is 2.42. The van der Waals surface area contributed by atoms with E-state index in [1.54, 1.807) is 12.1 Å². The van der Waals surface area contributed by atoms with Crippen molar-refractivity contribution in [3.05, 3.63) is 32.8 Å². The van der Waals surface area contributed by atoms with Crippen molar-refractivity contribution in [1.82, 2.24) is 9.97 Å². The van der Waals surface area contributed by atoms with Gasteiger partial charge in [-0.15, -0.1) is 11.3 Å². The lowest BCUT2D eigenvalue weighted by molar-refractivity contribution is -0.384. The molecular weight excluding hydrogens is 276 g/mol. The number of halogens is 1. The van der Waals surface area contributed by atoms with Crippen LogP contribution in [0.1, 0.15) is 6.92 Å². The third-order valence-electron chi connectivity index (χ3n) is 2.11. The SMILES string of the molecule is CCNc1ncc([N+](=O)[O-])c(-c2ccc(Cl)s2)n1. The molecule has 2 heterocycles. The van der Waals surface area contributed by atoms with Crippen LogP contribution in [0.4, 0.5) is 11.6 Å². The van der Waals surface area contributed by atoms with Crippen LogP contribution in [0.15, 0.2) is 18.3 Å². The Hall–Kier alpha value is -1.73. The maximum atomic E-state index is 10.9. The molecule has 0 saturated heterocycles. The first-order chi connectivity index (χ1) is 8.61. The Bertz CT molecular complexity index is 587. The van der Waals surface area contributed by atoms with E-state index in [9.17, 15) is 10.1 Å². The van der Waals surface area contributed by atoms with Gasteiger partial charge in [0.25, 0.3) is 0 Å². The molecule has 0 aliphatic rings. The van der Waals surface area contributed by atoms with Gasteiger partial charge >= 0.3 is 5.69 Å². The number of thiophene rings is 1. The van der Waals surface area contributed by atoms with Gasteiger partial charge < -0.3 is 5.32 Å². The van der Waals surface area contributed by atoms with E-state index in [4.69, 9.17) is 11.6 Å². The minimum atomic E-state index is -0.501. The zero-order valence-corrected chi connectivity index (χ0v) is 11.0. The summed E-state index contributed by atoms with van der Waals surface area (Å²) < 4.78 is 0.558. The maximum Gasteiger partial charge on any atom is 0.314 e. The highest BCUT2D eigenvalue weighted by atomic mass is 35.5. The predicted molar refractivity (Wildman–Crippen MR) is 71.2 cm³/mol. The molecule has 0 aromatic carbocycles. The Morgan fingerprint density at radius 3 is 2.89 bits per heavy atom. The Kier molecular flexibility index (Phi) is 3.73. The number of aromatic nitrogens is 2. The lowest BCUT2D eigenvalue weighted by Gasteiger charge is -2.03. The first-order valence-electron chi connectivity index (χ1n) is 5.13. The third kappa shape index (κ3) is 2.57. The summed E-state index contributed by atoms with van der Waals surface area (Å²) in [5.74, 6) is 0.364. The number of nitrogens with one attached hydrogen (secondary N) is 1. The normalized spacial score (nSPS) is 10.3. The van der Waals surface area contributed by atoms with Gasteiger partial charge in [0, 0.05) is 6.54 Å². The zero-order chi connectivity index (χ0) is 13.1. The van der Waals surface area contributed by atoms with Gasteiger partial charge in [0.2, 0.25) is 5.95 Å². The Morgan fingerprint density at radius 2 is 2.33 bits per heavy atom. The van der Waals surface area contributed by atoms with Crippen LogP contribution in [0.2, 0.25) is 4.34 Å². The minimum absolute atomic E-state index is 0.129. The molecule has 0 atom stereocenters. The van der Waals surface area contributed by atoms with Gasteiger partial charge in [0.05, 0.1) is 14.1 Å². The van der Waals surface area contributed by atoms with E-state index < -0.39 is 4.92 Å². The molecule has 2 rings (SSSR count). The first kappa shape index (κ1) is 12.7. The zero-order valence-electron chi connectivity index (χ0n) is 9.38. The molecule has 2 aromatic rings. The summed E-state index contributed by atoms with van der Waals surface area (Å²) >= 11 is 7.07. The average Bonchev–Trinajstić information content (AvgIpc) is 2.76. The van der Waals surface area contributed by atoms with E-state index in [0.29, 0.717) is 21.7 Å². The largest absolute Gasteiger partial charge is 0.354 e. The summed E-state index contributed by atoms with van der Waals surface area (Å²) in [5.41, 5.74) is 0.151. The van der Waals surface area contributed by atoms with E-state index in [1.807, 2.05) is 6.92 Å². The molecule has 6 nitrogen and oxygen atoms in total. The van der Waals surface area contributed by atoms with Gasteiger partial charge in [-0.3, -0.25) is 10.1 Å². The van der Waals surface area contributed by atoms with Crippen LogP contribution < -0.4 is 5.32 Å². The summed E-state index contributed by atoms with van der Waals surface area (Å²) in [4.78, 5) is 19.1. The summed E-state index contributed by atoms with van der Waals surface area (Å²) in [6.07, 6.45) is 1.20. The highest BCUT2D eigenvalue weighted by molar-refractivity contribution is 7.19. The average molecular weight is 285 g/mol. The van der Waals surface area contributed by atoms with Gasteiger partial charge in [-0.2, -0.15) is 0 Å². The van der Waals surface area contributed by atoms with Crippen LogP contribution >= 0.6 is 22.9 Å². The molecule has 0 saturated carbocycles. The topological polar surface area (TPSA) is 81.0 Å². The van der Waals surface area contributed by atoms with Crippen LogP contribution in [0.25, 0.3) is 10.6 Å². The molecule has 94 valence electrons. The van der Waals surface area contributed by atoms with Crippen LogP contribution in [0.3, 0.4) is 0 Å². The van der Waals surface area contributed by atoms with Crippen molar-refractivity contribution in [1.29, 1.82) is 0 Å². The molecule has 8 heteroatoms. The molecule has 18 heavy (non-hydrogen) atoms. The second kappa shape index (κ2) is 5.28. The van der Waals surface area contributed by atoms with Crippen molar-refractivity contribution < 1.29 is 4.92 Å². The van der Waals surface area contributed by atoms with Gasteiger partial charge in [0.15, 0.2) is 5.69 Å². The van der Waals surface area contributed by atoms with Crippen molar-refractivity contribution in [2.24, 2.45) is 0 Å². The fourth-order valence-electron chi connectivity index (χ4n) is 1.38. The first-order valence-corrected chi connectivity index (χ1v) is 6.32. The van der Waals surface area contributed by atoms with Crippen LogP contribution in [0, 0.1) is 10.1 Å². The summed E-state index contributed by atoms with van der Waals surface area (Å²) in [6.45, 7) is 2.54. The summed E-state index contributed by atoms with van der Waals surface area (Å²) in [7, 11) is 0. The Morgan fingerprint density at radius 1 is 1.56 bits per heavy atom. The summed E-state index contributed by atoms with van der Waals surface area (Å²) in [5, 5.41) is 13.9. The molecule has 0 aliphatic carbocycles. The Labute approximate surface area is 112 Å². The van der Waals surface area contributed by atoms with Crippen LogP contribution in [-0.4, -0.2) is 21.4 Å². The molecule has 0 fully saturated rings. The monoisotopic (exact) mass is 284 g/mol. The van der Waals surface area contributed by atoms with E-state index in [1.165, 1.54) is 17.5 Å². The molecular formula is C10H9ClN4O2S. The van der Waals surface area contributed by atoms with Gasteiger partial charge in [0.1, 0.15) is 6.20 Å². The quantitative estimate of drug-likeness (QED) is 0.689. The molecule has 0 radical (unpaired) electrons. The number of hydrogen-bond donors (Lipinski definition) is 1. The number of anilines is 1. The van der Waals surface area contributed by atoms with E-state index in [0.717, 1.165) is 0 Å². The maximum absolute atomic E-state index is 10.9. The molecule has 0 amide bonds. The van der Waals surface area contributed by atoms with Gasteiger partial charge in [-0.05, 0) is 19.1 Å². The molecule has 0 bridgehead atoms. The van der Waals surface area contributed by atoms with Crippen molar-refractivity contribution in [3.63, 3.8) is 0 Å². The minimum Gasteiger partial charge on any atom is -0.354 e. The van der Waals surface area contributed by atoms with Gasteiger partial charge in [-0.1, -0.05) is 11.6 Å². The van der Waals surface area contributed by atoms with Crippen LogP contribution in [-0.2, 0) is 0 Å². The highest BCUT2D eigenvalue weighted by Gasteiger charge is 2.20. The number of nitro groups is 1.